The van der Waals surface area contributed by atoms with Crippen molar-refractivity contribution < 1.29 is 14.3 Å². The van der Waals surface area contributed by atoms with Gasteiger partial charge in [-0.3, -0.25) is 4.79 Å². The fourth-order valence-corrected chi connectivity index (χ4v) is 1.47. The minimum atomic E-state index is -0.376. The molecule has 1 aromatic heterocycles. The quantitative estimate of drug-likeness (QED) is 0.839. The lowest BCUT2D eigenvalue weighted by atomic mass is 10.3. The summed E-state index contributed by atoms with van der Waals surface area (Å²) in [6, 6.07) is 7.44. The van der Waals surface area contributed by atoms with Crippen molar-refractivity contribution in [2.45, 2.75) is 0 Å². The lowest BCUT2D eigenvalue weighted by Gasteiger charge is -2.01. The molecule has 0 unspecified atom stereocenters. The molecule has 2 rings (SSSR count). The van der Waals surface area contributed by atoms with E-state index in [1.165, 1.54) is 22.9 Å². The Bertz CT molecular complexity index is 554. The summed E-state index contributed by atoms with van der Waals surface area (Å²) in [5.41, 5.74) is 0.754. The summed E-state index contributed by atoms with van der Waals surface area (Å²) in [5, 5.41) is 15.1. The molecule has 0 spiro atoms. The van der Waals surface area contributed by atoms with Crippen LogP contribution in [-0.2, 0) is 0 Å². The van der Waals surface area contributed by atoms with Crippen molar-refractivity contribution in [2.24, 2.45) is 0 Å². The second-order valence-electron chi connectivity index (χ2n) is 3.60. The zero-order valence-electron chi connectivity index (χ0n) is 9.51. The maximum absolute atomic E-state index is 13.0. The molecule has 0 saturated heterocycles. The number of aromatic nitrogens is 2. The summed E-state index contributed by atoms with van der Waals surface area (Å²) in [6.45, 7) is 0.0437. The number of hydrogen-bond acceptors (Lipinski definition) is 3. The molecule has 1 heterocycles. The van der Waals surface area contributed by atoms with E-state index in [2.05, 4.69) is 10.4 Å². The predicted octanol–water partition coefficient (Wildman–Crippen LogP) is 0.733. The molecular weight excluding hydrogens is 237 g/mol. The van der Waals surface area contributed by atoms with Crippen molar-refractivity contribution in [1.29, 1.82) is 0 Å². The first-order chi connectivity index (χ1) is 8.70. The second-order valence-corrected chi connectivity index (χ2v) is 3.60. The third-order valence-electron chi connectivity index (χ3n) is 2.29. The Morgan fingerprint density at radius 1 is 1.44 bits per heavy atom. The Morgan fingerprint density at radius 3 is 3.00 bits per heavy atom. The van der Waals surface area contributed by atoms with Crippen LogP contribution in [0.5, 0.6) is 0 Å². The van der Waals surface area contributed by atoms with Gasteiger partial charge in [-0.2, -0.15) is 5.10 Å². The minimum absolute atomic E-state index is 0.129. The molecule has 2 aromatic rings. The van der Waals surface area contributed by atoms with Crippen molar-refractivity contribution in [3.05, 3.63) is 48.0 Å². The summed E-state index contributed by atoms with van der Waals surface area (Å²) in [4.78, 5) is 11.5. The number of carbonyl (C=O) groups is 1. The Hall–Kier alpha value is -2.21. The van der Waals surface area contributed by atoms with Gasteiger partial charge in [0, 0.05) is 12.7 Å². The Morgan fingerprint density at radius 2 is 2.28 bits per heavy atom. The number of amides is 1. The van der Waals surface area contributed by atoms with Crippen molar-refractivity contribution in [3.63, 3.8) is 0 Å². The number of benzene rings is 1. The van der Waals surface area contributed by atoms with Crippen LogP contribution in [0, 0.1) is 5.82 Å². The number of carbonyl (C=O) groups excluding carboxylic acids is 1. The lowest BCUT2D eigenvalue weighted by molar-refractivity contribution is 0.0939. The van der Waals surface area contributed by atoms with Gasteiger partial charge in [0.15, 0.2) is 5.69 Å². The monoisotopic (exact) mass is 249 g/mol. The van der Waals surface area contributed by atoms with Crippen LogP contribution in [0.25, 0.3) is 5.69 Å². The maximum Gasteiger partial charge on any atom is 0.271 e. The number of nitrogens with one attached hydrogen (secondary N) is 1. The third kappa shape index (κ3) is 2.72. The highest BCUT2D eigenvalue weighted by atomic mass is 19.1. The molecule has 6 heteroatoms. The Balaban J connectivity index is 2.17. The highest BCUT2D eigenvalue weighted by Gasteiger charge is 2.09. The molecule has 0 radical (unpaired) electrons. The van der Waals surface area contributed by atoms with E-state index in [4.69, 9.17) is 5.11 Å². The van der Waals surface area contributed by atoms with E-state index < -0.39 is 0 Å². The van der Waals surface area contributed by atoms with Gasteiger partial charge in [-0.1, -0.05) is 6.07 Å². The maximum atomic E-state index is 13.0. The number of hydrogen-bond donors (Lipinski definition) is 2. The zero-order chi connectivity index (χ0) is 13.0. The Kier molecular flexibility index (Phi) is 3.69. The smallest absolute Gasteiger partial charge is 0.271 e. The minimum Gasteiger partial charge on any atom is -0.395 e. The third-order valence-corrected chi connectivity index (χ3v) is 2.29. The molecule has 0 aliphatic rings. The van der Waals surface area contributed by atoms with Gasteiger partial charge in [-0.25, -0.2) is 9.07 Å². The van der Waals surface area contributed by atoms with Gasteiger partial charge in [0.05, 0.1) is 12.3 Å². The Labute approximate surface area is 103 Å². The van der Waals surface area contributed by atoms with Crippen LogP contribution >= 0.6 is 0 Å². The van der Waals surface area contributed by atoms with Gasteiger partial charge < -0.3 is 10.4 Å². The molecule has 0 bridgehead atoms. The fourth-order valence-electron chi connectivity index (χ4n) is 1.47. The first kappa shape index (κ1) is 12.3. The molecule has 0 atom stereocenters. The van der Waals surface area contributed by atoms with Gasteiger partial charge in [-0.15, -0.1) is 0 Å². The van der Waals surface area contributed by atoms with Crippen LogP contribution in [-0.4, -0.2) is 33.9 Å². The molecule has 0 fully saturated rings. The van der Waals surface area contributed by atoms with Crippen LogP contribution in [0.1, 0.15) is 10.5 Å². The van der Waals surface area contributed by atoms with E-state index in [1.54, 1.807) is 18.3 Å². The number of rotatable bonds is 4. The summed E-state index contributed by atoms with van der Waals surface area (Å²) < 4.78 is 14.5. The lowest BCUT2D eigenvalue weighted by Crippen LogP contribution is -2.26. The van der Waals surface area contributed by atoms with Gasteiger partial charge in [0.2, 0.25) is 0 Å². The molecule has 0 aliphatic heterocycles. The van der Waals surface area contributed by atoms with E-state index >= 15 is 0 Å². The highest BCUT2D eigenvalue weighted by Crippen LogP contribution is 2.09. The molecule has 1 amide bonds. The topological polar surface area (TPSA) is 67.2 Å². The van der Waals surface area contributed by atoms with Crippen LogP contribution in [0.2, 0.25) is 0 Å². The molecule has 2 N–H and O–H groups in total. The largest absolute Gasteiger partial charge is 0.395 e. The average molecular weight is 249 g/mol. The fraction of sp³-hybridized carbons (Fsp3) is 0.167. The van der Waals surface area contributed by atoms with Gasteiger partial charge in [0.1, 0.15) is 5.82 Å². The van der Waals surface area contributed by atoms with Crippen molar-refractivity contribution in [3.8, 4) is 5.69 Å². The SMILES string of the molecule is O=C(NCCO)c1ccn(-c2cccc(F)c2)n1. The summed E-state index contributed by atoms with van der Waals surface area (Å²) >= 11 is 0. The van der Waals surface area contributed by atoms with Crippen LogP contribution in [0.4, 0.5) is 4.39 Å². The van der Waals surface area contributed by atoms with Crippen molar-refractivity contribution in [1.82, 2.24) is 15.1 Å². The number of aliphatic hydroxyl groups excluding tert-OH is 1. The van der Waals surface area contributed by atoms with Crippen molar-refractivity contribution in [2.75, 3.05) is 13.2 Å². The number of halogens is 1. The molecular formula is C12H12FN3O2. The molecule has 0 aliphatic carbocycles. The first-order valence-electron chi connectivity index (χ1n) is 5.41. The molecule has 18 heavy (non-hydrogen) atoms. The summed E-state index contributed by atoms with van der Waals surface area (Å²) in [5.74, 6) is -0.742. The van der Waals surface area contributed by atoms with E-state index in [9.17, 15) is 9.18 Å². The van der Waals surface area contributed by atoms with Gasteiger partial charge in [0.25, 0.3) is 5.91 Å². The number of nitrogens with zero attached hydrogens (tertiary/aromatic N) is 2. The second kappa shape index (κ2) is 5.42. The number of aliphatic hydroxyl groups is 1. The molecule has 0 saturated carbocycles. The predicted molar refractivity (Wildman–Crippen MR) is 62.9 cm³/mol. The normalized spacial score (nSPS) is 10.3. The van der Waals surface area contributed by atoms with E-state index in [-0.39, 0.29) is 30.6 Å². The van der Waals surface area contributed by atoms with E-state index in [0.29, 0.717) is 5.69 Å². The molecule has 94 valence electrons. The molecule has 1 aromatic carbocycles. The zero-order valence-corrected chi connectivity index (χ0v) is 9.51. The van der Waals surface area contributed by atoms with Crippen LogP contribution in [0.3, 0.4) is 0 Å². The van der Waals surface area contributed by atoms with Crippen molar-refractivity contribution >= 4 is 5.91 Å². The van der Waals surface area contributed by atoms with Crippen LogP contribution in [0.15, 0.2) is 36.5 Å². The van der Waals surface area contributed by atoms with Gasteiger partial charge >= 0.3 is 0 Å². The van der Waals surface area contributed by atoms with Gasteiger partial charge in [-0.05, 0) is 24.3 Å². The first-order valence-corrected chi connectivity index (χ1v) is 5.41. The highest BCUT2D eigenvalue weighted by molar-refractivity contribution is 5.92. The summed E-state index contributed by atoms with van der Waals surface area (Å²) in [7, 11) is 0. The van der Waals surface area contributed by atoms with E-state index in [0.717, 1.165) is 0 Å². The standard InChI is InChI=1S/C12H12FN3O2/c13-9-2-1-3-10(8-9)16-6-4-11(15-16)12(18)14-5-7-17/h1-4,6,8,17H,5,7H2,(H,14,18). The molecule has 5 nitrogen and oxygen atoms in total. The van der Waals surface area contributed by atoms with E-state index in [1.807, 2.05) is 0 Å². The average Bonchev–Trinajstić information content (AvgIpc) is 2.85. The van der Waals surface area contributed by atoms with Crippen LogP contribution < -0.4 is 5.32 Å². The summed E-state index contributed by atoms with van der Waals surface area (Å²) in [6.07, 6.45) is 1.57.